The number of aryl methyl sites for hydroxylation is 1. The van der Waals surface area contributed by atoms with Crippen molar-refractivity contribution in [1.82, 2.24) is 5.32 Å². The predicted octanol–water partition coefficient (Wildman–Crippen LogP) is 4.67. The maximum Gasteiger partial charge on any atom is 0.253 e. The molecular weight excluding hydrogens is 424 g/mol. The van der Waals surface area contributed by atoms with Crippen LogP contribution in [0.4, 0.5) is 5.69 Å². The summed E-state index contributed by atoms with van der Waals surface area (Å²) in [5.41, 5.74) is 3.76. The van der Waals surface area contributed by atoms with Gasteiger partial charge in [0.15, 0.2) is 0 Å². The lowest BCUT2D eigenvalue weighted by atomic mass is 9.93. The van der Waals surface area contributed by atoms with Crippen LogP contribution in [0.3, 0.4) is 0 Å². The number of sulfonamides is 1. The van der Waals surface area contributed by atoms with Crippen molar-refractivity contribution in [2.75, 3.05) is 24.7 Å². The fourth-order valence-corrected chi connectivity index (χ4v) is 4.00. The Morgan fingerprint density at radius 3 is 2.27 bits per heavy atom. The van der Waals surface area contributed by atoms with Crippen LogP contribution in [0.2, 0.25) is 5.02 Å². The lowest BCUT2D eigenvalue weighted by Crippen LogP contribution is -2.28. The number of amides is 1. The summed E-state index contributed by atoms with van der Waals surface area (Å²) in [6, 6.07) is 8.35. The Labute approximate surface area is 184 Å². The van der Waals surface area contributed by atoms with E-state index >= 15 is 0 Å². The van der Waals surface area contributed by atoms with Gasteiger partial charge in [-0.1, -0.05) is 25.4 Å². The Hall–Kier alpha value is -2.25. The van der Waals surface area contributed by atoms with Crippen LogP contribution in [0, 0.1) is 6.92 Å². The minimum atomic E-state index is -3.42. The van der Waals surface area contributed by atoms with E-state index in [1.165, 1.54) is 19.2 Å². The third-order valence-corrected chi connectivity index (χ3v) is 6.63. The standard InChI is InChI=1S/C22H29ClN2O4S/c1-13(2)18-12-19(14(3)10-21(18)29-6)15(4)24-22(26)17-9-8-16(11-20(17)23)25(5)30(7,27)28/h8-13,15H,1-7H3,(H,24,26). The molecule has 0 heterocycles. The zero-order valence-electron chi connectivity index (χ0n) is 18.4. The summed E-state index contributed by atoms with van der Waals surface area (Å²) < 4.78 is 30.0. The number of methoxy groups -OCH3 is 1. The Morgan fingerprint density at radius 1 is 1.13 bits per heavy atom. The highest BCUT2D eigenvalue weighted by atomic mass is 35.5. The molecular formula is C22H29ClN2O4S. The number of nitrogens with one attached hydrogen (secondary N) is 1. The van der Waals surface area contributed by atoms with Gasteiger partial charge in [-0.2, -0.15) is 0 Å². The molecule has 1 unspecified atom stereocenters. The van der Waals surface area contributed by atoms with Gasteiger partial charge in [0, 0.05) is 7.05 Å². The van der Waals surface area contributed by atoms with Crippen molar-refractivity contribution >= 4 is 33.2 Å². The summed E-state index contributed by atoms with van der Waals surface area (Å²) in [5.74, 6) is 0.775. The molecule has 0 aliphatic heterocycles. The molecule has 0 aromatic heterocycles. The molecule has 164 valence electrons. The third kappa shape index (κ3) is 5.26. The molecule has 2 aromatic rings. The number of ether oxygens (including phenoxy) is 1. The van der Waals surface area contributed by atoms with Gasteiger partial charge in [0.25, 0.3) is 5.91 Å². The third-order valence-electron chi connectivity index (χ3n) is 5.11. The molecule has 6 nitrogen and oxygen atoms in total. The smallest absolute Gasteiger partial charge is 0.253 e. The van der Waals surface area contributed by atoms with Crippen molar-refractivity contribution < 1.29 is 17.9 Å². The summed E-state index contributed by atoms with van der Waals surface area (Å²) in [6.07, 6.45) is 1.10. The van der Waals surface area contributed by atoms with E-state index < -0.39 is 10.0 Å². The fourth-order valence-electron chi connectivity index (χ4n) is 3.24. The fraction of sp³-hybridized carbons (Fsp3) is 0.409. The summed E-state index contributed by atoms with van der Waals surface area (Å²) in [7, 11) is -0.335. The van der Waals surface area contributed by atoms with E-state index in [-0.39, 0.29) is 28.5 Å². The molecule has 1 amide bonds. The van der Waals surface area contributed by atoms with Crippen molar-refractivity contribution in [3.8, 4) is 5.75 Å². The second-order valence-electron chi connectivity index (χ2n) is 7.70. The summed E-state index contributed by atoms with van der Waals surface area (Å²) in [6.45, 7) is 8.08. The minimum Gasteiger partial charge on any atom is -0.496 e. The highest BCUT2D eigenvalue weighted by Crippen LogP contribution is 2.32. The number of anilines is 1. The van der Waals surface area contributed by atoms with Gasteiger partial charge in [-0.15, -0.1) is 0 Å². The van der Waals surface area contributed by atoms with Crippen LogP contribution in [-0.2, 0) is 10.0 Å². The molecule has 0 spiro atoms. The second-order valence-corrected chi connectivity index (χ2v) is 10.1. The van der Waals surface area contributed by atoms with E-state index in [0.717, 1.165) is 33.0 Å². The van der Waals surface area contributed by atoms with Crippen molar-refractivity contribution in [1.29, 1.82) is 0 Å². The lowest BCUT2D eigenvalue weighted by molar-refractivity contribution is 0.0940. The van der Waals surface area contributed by atoms with Gasteiger partial charge in [-0.25, -0.2) is 8.42 Å². The van der Waals surface area contributed by atoms with Crippen LogP contribution in [0.1, 0.15) is 59.8 Å². The van der Waals surface area contributed by atoms with Crippen molar-refractivity contribution in [2.45, 2.75) is 39.7 Å². The average Bonchev–Trinajstić information content (AvgIpc) is 2.65. The van der Waals surface area contributed by atoms with E-state index in [2.05, 4.69) is 25.2 Å². The van der Waals surface area contributed by atoms with E-state index in [1.807, 2.05) is 19.9 Å². The van der Waals surface area contributed by atoms with Gasteiger partial charge < -0.3 is 10.1 Å². The number of hydrogen-bond donors (Lipinski definition) is 1. The number of carbonyl (C=O) groups is 1. The van der Waals surface area contributed by atoms with Gasteiger partial charge in [0.2, 0.25) is 10.0 Å². The molecule has 30 heavy (non-hydrogen) atoms. The van der Waals surface area contributed by atoms with Crippen LogP contribution in [0.25, 0.3) is 0 Å². The van der Waals surface area contributed by atoms with E-state index in [9.17, 15) is 13.2 Å². The van der Waals surface area contributed by atoms with E-state index in [4.69, 9.17) is 16.3 Å². The quantitative estimate of drug-likeness (QED) is 0.662. The Morgan fingerprint density at radius 2 is 1.77 bits per heavy atom. The van der Waals surface area contributed by atoms with Crippen LogP contribution in [0.5, 0.6) is 5.75 Å². The number of carbonyl (C=O) groups excluding carboxylic acids is 1. The molecule has 1 N–H and O–H groups in total. The highest BCUT2D eigenvalue weighted by Gasteiger charge is 2.20. The number of halogens is 1. The molecule has 0 aliphatic rings. The topological polar surface area (TPSA) is 75.7 Å². The lowest BCUT2D eigenvalue weighted by Gasteiger charge is -2.22. The molecule has 2 rings (SSSR count). The maximum absolute atomic E-state index is 12.8. The molecule has 2 aromatic carbocycles. The zero-order chi connectivity index (χ0) is 22.8. The average molecular weight is 453 g/mol. The van der Waals surface area contributed by atoms with Gasteiger partial charge in [-0.05, 0) is 66.8 Å². The van der Waals surface area contributed by atoms with Crippen LogP contribution < -0.4 is 14.4 Å². The number of nitrogens with zero attached hydrogens (tertiary/aromatic N) is 1. The number of hydrogen-bond acceptors (Lipinski definition) is 4. The molecule has 1 atom stereocenters. The zero-order valence-corrected chi connectivity index (χ0v) is 20.0. The largest absolute Gasteiger partial charge is 0.496 e. The van der Waals surface area contributed by atoms with Gasteiger partial charge in [-0.3, -0.25) is 9.10 Å². The monoisotopic (exact) mass is 452 g/mol. The predicted molar refractivity (Wildman–Crippen MR) is 122 cm³/mol. The van der Waals surface area contributed by atoms with Crippen molar-refractivity contribution in [3.05, 3.63) is 57.6 Å². The first-order valence-electron chi connectivity index (χ1n) is 9.59. The molecule has 0 saturated heterocycles. The normalized spacial score (nSPS) is 12.6. The molecule has 0 fully saturated rings. The Bertz CT molecular complexity index is 1050. The number of rotatable bonds is 7. The Kier molecular flexibility index (Phi) is 7.42. The van der Waals surface area contributed by atoms with Crippen molar-refractivity contribution in [3.63, 3.8) is 0 Å². The number of benzene rings is 2. The van der Waals surface area contributed by atoms with Crippen LogP contribution >= 0.6 is 11.6 Å². The maximum atomic E-state index is 12.8. The van der Waals surface area contributed by atoms with E-state index in [0.29, 0.717) is 5.69 Å². The van der Waals surface area contributed by atoms with Crippen LogP contribution in [-0.4, -0.2) is 34.7 Å². The molecule has 0 radical (unpaired) electrons. The van der Waals surface area contributed by atoms with Crippen molar-refractivity contribution in [2.24, 2.45) is 0 Å². The molecule has 0 saturated carbocycles. The first-order valence-corrected chi connectivity index (χ1v) is 11.8. The minimum absolute atomic E-state index is 0.182. The highest BCUT2D eigenvalue weighted by molar-refractivity contribution is 7.92. The van der Waals surface area contributed by atoms with E-state index in [1.54, 1.807) is 13.2 Å². The first-order chi connectivity index (χ1) is 13.9. The Balaban J connectivity index is 2.29. The summed E-state index contributed by atoms with van der Waals surface area (Å²) in [4.78, 5) is 12.8. The van der Waals surface area contributed by atoms with Gasteiger partial charge in [0.05, 0.1) is 35.7 Å². The molecule has 0 aliphatic carbocycles. The summed E-state index contributed by atoms with van der Waals surface area (Å²) >= 11 is 6.29. The first kappa shape index (κ1) is 24.0. The molecule has 8 heteroatoms. The van der Waals surface area contributed by atoms with Gasteiger partial charge >= 0.3 is 0 Å². The SMILES string of the molecule is COc1cc(C)c(C(C)NC(=O)c2ccc(N(C)S(C)(=O)=O)cc2Cl)cc1C(C)C. The van der Waals surface area contributed by atoms with Gasteiger partial charge in [0.1, 0.15) is 5.75 Å². The van der Waals surface area contributed by atoms with Crippen LogP contribution in [0.15, 0.2) is 30.3 Å². The summed E-state index contributed by atoms with van der Waals surface area (Å²) in [5, 5.41) is 3.16. The second kappa shape index (κ2) is 9.27. The molecule has 0 bridgehead atoms.